The summed E-state index contributed by atoms with van der Waals surface area (Å²) in [7, 11) is 1.69. The molecule has 0 atom stereocenters. The molecule has 1 fully saturated rings. The second kappa shape index (κ2) is 4.87. The molecule has 2 rings (SSSR count). The van der Waals surface area contributed by atoms with Crippen molar-refractivity contribution in [2.24, 2.45) is 0 Å². The van der Waals surface area contributed by atoms with Crippen LogP contribution in [0.25, 0.3) is 6.08 Å². The van der Waals surface area contributed by atoms with Crippen molar-refractivity contribution >= 4 is 6.08 Å². The van der Waals surface area contributed by atoms with Gasteiger partial charge in [-0.25, -0.2) is 0 Å². The standard InChI is InChI=1S/C13H17NO/c1-15-13-7-5-11(6-8-13)10-12-4-2-3-9-14-12/h5-8,10,14H,2-4,9H2,1H3/b12-10-. The Labute approximate surface area is 91.0 Å². The van der Waals surface area contributed by atoms with Crippen molar-refractivity contribution in [3.63, 3.8) is 0 Å². The zero-order valence-corrected chi connectivity index (χ0v) is 9.12. The second-order valence-corrected chi connectivity index (χ2v) is 3.83. The van der Waals surface area contributed by atoms with Crippen LogP contribution in [0, 0.1) is 0 Å². The third-order valence-corrected chi connectivity index (χ3v) is 2.68. The van der Waals surface area contributed by atoms with Gasteiger partial charge in [0.05, 0.1) is 7.11 Å². The van der Waals surface area contributed by atoms with E-state index in [2.05, 4.69) is 23.5 Å². The van der Waals surface area contributed by atoms with Gasteiger partial charge in [-0.3, -0.25) is 0 Å². The highest BCUT2D eigenvalue weighted by Gasteiger charge is 2.03. The number of hydrogen-bond donors (Lipinski definition) is 1. The van der Waals surface area contributed by atoms with Crippen LogP contribution in [0.2, 0.25) is 0 Å². The predicted molar refractivity (Wildman–Crippen MR) is 62.8 cm³/mol. The monoisotopic (exact) mass is 203 g/mol. The molecule has 0 spiro atoms. The van der Waals surface area contributed by atoms with Gasteiger partial charge in [0.1, 0.15) is 5.75 Å². The molecule has 1 heterocycles. The summed E-state index contributed by atoms with van der Waals surface area (Å²) in [6, 6.07) is 8.16. The van der Waals surface area contributed by atoms with Crippen LogP contribution in [-0.4, -0.2) is 13.7 Å². The van der Waals surface area contributed by atoms with Crippen LogP contribution in [0.1, 0.15) is 24.8 Å². The van der Waals surface area contributed by atoms with E-state index in [4.69, 9.17) is 4.74 Å². The van der Waals surface area contributed by atoms with Crippen molar-refractivity contribution in [2.75, 3.05) is 13.7 Å². The SMILES string of the molecule is COc1ccc(/C=C2/CCCCN2)cc1. The number of hydrogen-bond acceptors (Lipinski definition) is 2. The minimum atomic E-state index is 0.911. The average molecular weight is 203 g/mol. The molecule has 2 heteroatoms. The Bertz CT molecular complexity index is 332. The number of allylic oxidation sites excluding steroid dienone is 1. The Morgan fingerprint density at radius 3 is 2.60 bits per heavy atom. The van der Waals surface area contributed by atoms with Gasteiger partial charge < -0.3 is 10.1 Å². The van der Waals surface area contributed by atoms with Gasteiger partial charge in [0.2, 0.25) is 0 Å². The molecule has 1 aliphatic rings. The van der Waals surface area contributed by atoms with Gasteiger partial charge in [-0.15, -0.1) is 0 Å². The minimum absolute atomic E-state index is 0.911. The fraction of sp³-hybridized carbons (Fsp3) is 0.385. The lowest BCUT2D eigenvalue weighted by molar-refractivity contribution is 0.415. The molecule has 80 valence electrons. The fourth-order valence-corrected chi connectivity index (χ4v) is 1.80. The molecule has 0 saturated carbocycles. The molecule has 1 aromatic rings. The van der Waals surface area contributed by atoms with E-state index in [0.29, 0.717) is 0 Å². The number of benzene rings is 1. The summed E-state index contributed by atoms with van der Waals surface area (Å²) in [6.07, 6.45) is 5.99. The van der Waals surface area contributed by atoms with Crippen LogP contribution in [0.15, 0.2) is 30.0 Å². The molecule has 0 amide bonds. The lowest BCUT2D eigenvalue weighted by atomic mass is 10.1. The van der Waals surface area contributed by atoms with E-state index in [0.717, 1.165) is 12.3 Å². The van der Waals surface area contributed by atoms with Gasteiger partial charge in [0.25, 0.3) is 0 Å². The van der Waals surface area contributed by atoms with Crippen LogP contribution in [0.3, 0.4) is 0 Å². The molecule has 2 nitrogen and oxygen atoms in total. The second-order valence-electron chi connectivity index (χ2n) is 3.83. The van der Waals surface area contributed by atoms with Gasteiger partial charge in [0.15, 0.2) is 0 Å². The highest BCUT2D eigenvalue weighted by molar-refractivity contribution is 5.53. The largest absolute Gasteiger partial charge is 0.497 e. The molecule has 0 aliphatic carbocycles. The van der Waals surface area contributed by atoms with Crippen LogP contribution < -0.4 is 10.1 Å². The minimum Gasteiger partial charge on any atom is -0.497 e. The molecule has 0 radical (unpaired) electrons. The number of methoxy groups -OCH3 is 1. The van der Waals surface area contributed by atoms with Crippen molar-refractivity contribution in [3.8, 4) is 5.75 Å². The lowest BCUT2D eigenvalue weighted by Crippen LogP contribution is -2.19. The Morgan fingerprint density at radius 2 is 2.00 bits per heavy atom. The number of ether oxygens (including phenoxy) is 1. The van der Waals surface area contributed by atoms with Gasteiger partial charge >= 0.3 is 0 Å². The first-order chi connectivity index (χ1) is 7.38. The summed E-state index contributed by atoms with van der Waals surface area (Å²) >= 11 is 0. The normalized spacial score (nSPS) is 18.6. The van der Waals surface area contributed by atoms with Crippen molar-refractivity contribution in [2.45, 2.75) is 19.3 Å². The zero-order valence-electron chi connectivity index (χ0n) is 9.12. The quantitative estimate of drug-likeness (QED) is 0.798. The van der Waals surface area contributed by atoms with E-state index >= 15 is 0 Å². The first-order valence-electron chi connectivity index (χ1n) is 5.47. The van der Waals surface area contributed by atoms with Gasteiger partial charge in [-0.2, -0.15) is 0 Å². The Morgan fingerprint density at radius 1 is 1.20 bits per heavy atom. The van der Waals surface area contributed by atoms with E-state index in [1.54, 1.807) is 7.11 Å². The van der Waals surface area contributed by atoms with Crippen molar-refractivity contribution in [1.82, 2.24) is 5.32 Å². The molecule has 1 N–H and O–H groups in total. The summed E-state index contributed by atoms with van der Waals surface area (Å²) in [5, 5.41) is 3.43. The molecule has 0 aromatic heterocycles. The fourth-order valence-electron chi connectivity index (χ4n) is 1.80. The van der Waals surface area contributed by atoms with Crippen LogP contribution in [0.5, 0.6) is 5.75 Å². The third-order valence-electron chi connectivity index (χ3n) is 2.68. The third kappa shape index (κ3) is 2.75. The van der Waals surface area contributed by atoms with E-state index in [9.17, 15) is 0 Å². The topological polar surface area (TPSA) is 21.3 Å². The predicted octanol–water partition coefficient (Wildman–Crippen LogP) is 2.81. The van der Waals surface area contributed by atoms with Crippen molar-refractivity contribution in [3.05, 3.63) is 35.5 Å². The maximum Gasteiger partial charge on any atom is 0.118 e. The maximum atomic E-state index is 5.12. The molecule has 0 bridgehead atoms. The maximum absolute atomic E-state index is 5.12. The summed E-state index contributed by atoms with van der Waals surface area (Å²) in [6.45, 7) is 1.11. The zero-order chi connectivity index (χ0) is 10.5. The highest BCUT2D eigenvalue weighted by atomic mass is 16.5. The molecule has 15 heavy (non-hydrogen) atoms. The van der Waals surface area contributed by atoms with E-state index in [1.807, 2.05) is 12.1 Å². The summed E-state index contributed by atoms with van der Waals surface area (Å²) in [5.41, 5.74) is 2.59. The highest BCUT2D eigenvalue weighted by Crippen LogP contribution is 2.17. The summed E-state index contributed by atoms with van der Waals surface area (Å²) in [5.74, 6) is 0.911. The smallest absolute Gasteiger partial charge is 0.118 e. The van der Waals surface area contributed by atoms with Gasteiger partial charge in [0, 0.05) is 12.2 Å². The van der Waals surface area contributed by atoms with E-state index in [1.165, 1.54) is 30.5 Å². The first kappa shape index (κ1) is 10.1. The molecule has 1 aliphatic heterocycles. The van der Waals surface area contributed by atoms with E-state index < -0.39 is 0 Å². The first-order valence-corrected chi connectivity index (χ1v) is 5.47. The number of piperidine rings is 1. The summed E-state index contributed by atoms with van der Waals surface area (Å²) in [4.78, 5) is 0. The van der Waals surface area contributed by atoms with Crippen molar-refractivity contribution < 1.29 is 4.74 Å². The number of rotatable bonds is 2. The number of nitrogens with one attached hydrogen (secondary N) is 1. The molecule has 1 saturated heterocycles. The van der Waals surface area contributed by atoms with Crippen LogP contribution >= 0.6 is 0 Å². The van der Waals surface area contributed by atoms with Gasteiger partial charge in [-0.05, 0) is 43.0 Å². The molecule has 1 aromatic carbocycles. The average Bonchev–Trinajstić information content (AvgIpc) is 2.31. The summed E-state index contributed by atoms with van der Waals surface area (Å²) < 4.78 is 5.12. The molecule has 0 unspecified atom stereocenters. The van der Waals surface area contributed by atoms with Crippen molar-refractivity contribution in [1.29, 1.82) is 0 Å². The van der Waals surface area contributed by atoms with Gasteiger partial charge in [-0.1, -0.05) is 12.1 Å². The van der Waals surface area contributed by atoms with Crippen LogP contribution in [0.4, 0.5) is 0 Å². The Hall–Kier alpha value is -1.44. The Balaban J connectivity index is 2.08. The van der Waals surface area contributed by atoms with Crippen LogP contribution in [-0.2, 0) is 0 Å². The lowest BCUT2D eigenvalue weighted by Gasteiger charge is -2.16. The molecular weight excluding hydrogens is 186 g/mol. The van der Waals surface area contributed by atoms with E-state index in [-0.39, 0.29) is 0 Å². The molecular formula is C13H17NO. The Kier molecular flexibility index (Phi) is 3.28.